The molecule has 2 aromatic rings. The Morgan fingerprint density at radius 1 is 1.07 bits per heavy atom. The molecule has 1 aliphatic heterocycles. The van der Waals surface area contributed by atoms with Crippen LogP contribution in [0.1, 0.15) is 15.9 Å². The number of carbonyl (C=O) groups excluding carboxylic acids is 1. The van der Waals surface area contributed by atoms with Crippen LogP contribution in [0.5, 0.6) is 0 Å². The van der Waals surface area contributed by atoms with Gasteiger partial charge in [0.25, 0.3) is 5.91 Å². The molecule has 0 spiro atoms. The van der Waals surface area contributed by atoms with E-state index in [1.54, 1.807) is 0 Å². The highest BCUT2D eigenvalue weighted by Gasteiger charge is 2.36. The molecule has 0 atom stereocenters. The van der Waals surface area contributed by atoms with Crippen LogP contribution in [-0.4, -0.2) is 56.6 Å². The molecule has 1 aliphatic rings. The van der Waals surface area contributed by atoms with Gasteiger partial charge in [0.05, 0.1) is 10.5 Å². The number of anilines is 1. The average molecular weight is 413 g/mol. The van der Waals surface area contributed by atoms with E-state index in [2.05, 4.69) is 4.98 Å². The number of carbonyl (C=O) groups is 1. The molecule has 0 radical (unpaired) electrons. The second-order valence-electron chi connectivity index (χ2n) is 6.45. The van der Waals surface area contributed by atoms with Gasteiger partial charge in [0.15, 0.2) is 9.84 Å². The van der Waals surface area contributed by atoms with Crippen molar-refractivity contribution >= 4 is 21.6 Å². The maximum absolute atomic E-state index is 13.2. The first-order valence-corrected chi connectivity index (χ1v) is 10.3. The lowest BCUT2D eigenvalue weighted by atomic mass is 10.1. The minimum Gasteiger partial charge on any atom is -0.353 e. The largest absolute Gasteiger partial charge is 0.419 e. The Bertz CT molecular complexity index is 985. The molecule has 1 amide bonds. The fourth-order valence-corrected chi connectivity index (χ4v) is 3.70. The molecule has 0 N–H and O–H groups in total. The van der Waals surface area contributed by atoms with E-state index < -0.39 is 21.6 Å². The molecule has 2 heterocycles. The van der Waals surface area contributed by atoms with E-state index in [1.807, 2.05) is 0 Å². The van der Waals surface area contributed by atoms with Gasteiger partial charge in [0.2, 0.25) is 0 Å². The Balaban J connectivity index is 1.74. The van der Waals surface area contributed by atoms with E-state index in [9.17, 15) is 26.4 Å². The van der Waals surface area contributed by atoms with E-state index in [4.69, 9.17) is 0 Å². The second kappa shape index (κ2) is 7.42. The third-order valence-corrected chi connectivity index (χ3v) is 5.58. The molecule has 1 aromatic heterocycles. The average Bonchev–Trinajstić information content (AvgIpc) is 2.66. The topological polar surface area (TPSA) is 70.6 Å². The van der Waals surface area contributed by atoms with Crippen LogP contribution in [0.25, 0.3) is 0 Å². The van der Waals surface area contributed by atoms with Gasteiger partial charge in [-0.1, -0.05) is 6.07 Å². The number of alkyl halides is 3. The first-order valence-electron chi connectivity index (χ1n) is 8.44. The van der Waals surface area contributed by atoms with E-state index in [-0.39, 0.29) is 48.4 Å². The van der Waals surface area contributed by atoms with Crippen LogP contribution in [0.4, 0.5) is 19.0 Å². The van der Waals surface area contributed by atoms with Crippen molar-refractivity contribution in [1.29, 1.82) is 0 Å². The summed E-state index contributed by atoms with van der Waals surface area (Å²) in [7, 11) is -3.45. The number of sulfone groups is 1. The van der Waals surface area contributed by atoms with Crippen molar-refractivity contribution in [2.75, 3.05) is 37.3 Å². The van der Waals surface area contributed by atoms with Gasteiger partial charge in [-0.25, -0.2) is 13.4 Å². The van der Waals surface area contributed by atoms with Crippen LogP contribution >= 0.6 is 0 Å². The summed E-state index contributed by atoms with van der Waals surface area (Å²) in [4.78, 5) is 19.6. The number of piperazine rings is 1. The first-order chi connectivity index (χ1) is 13.1. The number of hydrogen-bond donors (Lipinski definition) is 0. The summed E-state index contributed by atoms with van der Waals surface area (Å²) in [6.45, 7) is 0.792. The zero-order valence-electron chi connectivity index (χ0n) is 15.0. The number of nitrogens with zero attached hydrogens (tertiary/aromatic N) is 3. The second-order valence-corrected chi connectivity index (χ2v) is 8.47. The minimum atomic E-state index is -4.51. The third kappa shape index (κ3) is 4.27. The molecule has 0 bridgehead atoms. The molecule has 0 saturated carbocycles. The monoisotopic (exact) mass is 413 g/mol. The maximum Gasteiger partial charge on any atom is 0.419 e. The SMILES string of the molecule is CS(=O)(=O)c1cccc(C(=O)N2CCN(c3ncccc3C(F)(F)F)CC2)c1. The lowest BCUT2D eigenvalue weighted by Gasteiger charge is -2.36. The van der Waals surface area contributed by atoms with Gasteiger partial charge in [0, 0.05) is 44.2 Å². The molecule has 28 heavy (non-hydrogen) atoms. The molecule has 1 saturated heterocycles. The Morgan fingerprint density at radius 3 is 2.36 bits per heavy atom. The fourth-order valence-electron chi connectivity index (χ4n) is 3.03. The molecule has 1 aromatic carbocycles. The summed E-state index contributed by atoms with van der Waals surface area (Å²) < 4.78 is 62.9. The number of pyridine rings is 1. The molecule has 0 aliphatic carbocycles. The highest BCUT2D eigenvalue weighted by Crippen LogP contribution is 2.35. The van der Waals surface area contributed by atoms with Gasteiger partial charge in [-0.15, -0.1) is 0 Å². The van der Waals surface area contributed by atoms with Crippen molar-refractivity contribution in [3.8, 4) is 0 Å². The van der Waals surface area contributed by atoms with Crippen molar-refractivity contribution in [3.63, 3.8) is 0 Å². The molecular weight excluding hydrogens is 395 g/mol. The number of aromatic nitrogens is 1. The number of amides is 1. The van der Waals surface area contributed by atoms with Gasteiger partial charge in [-0.05, 0) is 30.3 Å². The predicted molar refractivity (Wildman–Crippen MR) is 96.9 cm³/mol. The number of rotatable bonds is 3. The van der Waals surface area contributed by atoms with Gasteiger partial charge < -0.3 is 9.80 Å². The molecule has 6 nitrogen and oxygen atoms in total. The summed E-state index contributed by atoms with van der Waals surface area (Å²) in [6.07, 6.45) is -2.15. The minimum absolute atomic E-state index is 0.0419. The summed E-state index contributed by atoms with van der Waals surface area (Å²) in [5.41, 5.74) is -0.583. The van der Waals surface area contributed by atoms with E-state index in [0.717, 1.165) is 12.3 Å². The van der Waals surface area contributed by atoms with Gasteiger partial charge in [-0.2, -0.15) is 13.2 Å². The predicted octanol–water partition coefficient (Wildman–Crippen LogP) is 2.47. The third-order valence-electron chi connectivity index (χ3n) is 4.47. The summed E-state index contributed by atoms with van der Waals surface area (Å²) in [5.74, 6) is -0.511. The van der Waals surface area contributed by atoms with Crippen molar-refractivity contribution in [1.82, 2.24) is 9.88 Å². The van der Waals surface area contributed by atoms with Gasteiger partial charge in [0.1, 0.15) is 5.82 Å². The van der Waals surface area contributed by atoms with E-state index in [0.29, 0.717) is 0 Å². The quantitative estimate of drug-likeness (QED) is 0.773. The van der Waals surface area contributed by atoms with Crippen LogP contribution in [0.15, 0.2) is 47.5 Å². The van der Waals surface area contributed by atoms with Crippen LogP contribution in [0, 0.1) is 0 Å². The van der Waals surface area contributed by atoms with Crippen LogP contribution in [-0.2, 0) is 16.0 Å². The maximum atomic E-state index is 13.2. The Kier molecular flexibility index (Phi) is 5.33. The molecular formula is C18H18F3N3O3S. The molecule has 3 rings (SSSR count). The van der Waals surface area contributed by atoms with Gasteiger partial charge in [-0.3, -0.25) is 4.79 Å². The normalized spacial score (nSPS) is 15.6. The summed E-state index contributed by atoms with van der Waals surface area (Å²) in [5, 5.41) is 0. The summed E-state index contributed by atoms with van der Waals surface area (Å²) >= 11 is 0. The molecule has 150 valence electrons. The number of halogens is 3. The van der Waals surface area contributed by atoms with Crippen molar-refractivity contribution in [2.45, 2.75) is 11.1 Å². The number of benzene rings is 1. The zero-order valence-corrected chi connectivity index (χ0v) is 15.8. The Morgan fingerprint density at radius 2 is 1.75 bits per heavy atom. The Hall–Kier alpha value is -2.62. The van der Waals surface area contributed by atoms with Crippen LogP contribution in [0.2, 0.25) is 0 Å². The molecule has 1 fully saturated rings. The highest BCUT2D eigenvalue weighted by atomic mass is 32.2. The Labute approximate surface area is 160 Å². The lowest BCUT2D eigenvalue weighted by Crippen LogP contribution is -2.49. The smallest absolute Gasteiger partial charge is 0.353 e. The van der Waals surface area contributed by atoms with Crippen molar-refractivity contribution < 1.29 is 26.4 Å². The first kappa shape index (κ1) is 20.1. The van der Waals surface area contributed by atoms with Crippen molar-refractivity contribution in [2.24, 2.45) is 0 Å². The lowest BCUT2D eigenvalue weighted by molar-refractivity contribution is -0.137. The summed E-state index contributed by atoms with van der Waals surface area (Å²) in [6, 6.07) is 7.94. The molecule has 10 heteroatoms. The van der Waals surface area contributed by atoms with E-state index in [1.165, 1.54) is 46.3 Å². The van der Waals surface area contributed by atoms with Gasteiger partial charge >= 0.3 is 6.18 Å². The fraction of sp³-hybridized carbons (Fsp3) is 0.333. The van der Waals surface area contributed by atoms with Crippen molar-refractivity contribution in [3.05, 3.63) is 53.7 Å². The number of hydrogen-bond acceptors (Lipinski definition) is 5. The standard InChI is InChI=1S/C18H18F3N3O3S/c1-28(26,27)14-5-2-4-13(12-14)17(25)24-10-8-23(9-11-24)16-15(18(19,20)21)6-3-7-22-16/h2-7,12H,8-11H2,1H3. The van der Waals surface area contributed by atoms with Crippen LogP contribution in [0.3, 0.4) is 0 Å². The highest BCUT2D eigenvalue weighted by molar-refractivity contribution is 7.90. The van der Waals surface area contributed by atoms with E-state index >= 15 is 0 Å². The zero-order chi connectivity index (χ0) is 20.5. The molecule has 0 unspecified atom stereocenters. The van der Waals surface area contributed by atoms with Crippen LogP contribution < -0.4 is 4.90 Å².